The normalized spacial score (nSPS) is 20.8. The molecule has 2 atom stereocenters. The van der Waals surface area contributed by atoms with Crippen LogP contribution in [0.4, 0.5) is 4.79 Å². The highest BCUT2D eigenvalue weighted by Gasteiger charge is 2.36. The van der Waals surface area contributed by atoms with Gasteiger partial charge in [0.1, 0.15) is 5.60 Å². The smallest absolute Gasteiger partial charge is 0.410 e. The molecule has 1 aliphatic rings. The predicted octanol–water partition coefficient (Wildman–Crippen LogP) is 3.08. The van der Waals surface area contributed by atoms with Crippen LogP contribution in [0, 0.1) is 5.41 Å². The highest BCUT2D eigenvalue weighted by atomic mass is 16.6. The second kappa shape index (κ2) is 7.84. The Morgan fingerprint density at radius 1 is 1.09 bits per heavy atom. The number of nitrogens with two attached hydrogens (primary N) is 1. The van der Waals surface area contributed by atoms with E-state index < -0.39 is 5.60 Å². The van der Waals surface area contributed by atoms with E-state index in [2.05, 4.69) is 32.6 Å². The van der Waals surface area contributed by atoms with Crippen LogP contribution < -0.4 is 5.73 Å². The van der Waals surface area contributed by atoms with Crippen molar-refractivity contribution in [3.05, 3.63) is 0 Å². The molecule has 2 unspecified atom stereocenters. The van der Waals surface area contributed by atoms with Crippen LogP contribution in [0.1, 0.15) is 61.3 Å². The number of nitrogens with zero attached hydrogens (tertiary/aromatic N) is 2. The van der Waals surface area contributed by atoms with Crippen molar-refractivity contribution >= 4 is 6.09 Å². The molecule has 1 rings (SSSR count). The van der Waals surface area contributed by atoms with E-state index in [4.69, 9.17) is 10.5 Å². The van der Waals surface area contributed by atoms with Crippen LogP contribution in [0.25, 0.3) is 0 Å². The number of ether oxygens (including phenoxy) is 1. The Kier molecular flexibility index (Phi) is 6.90. The first-order valence-electron chi connectivity index (χ1n) is 8.93. The van der Waals surface area contributed by atoms with Crippen molar-refractivity contribution in [2.75, 3.05) is 26.2 Å². The summed E-state index contributed by atoms with van der Waals surface area (Å²) in [5.41, 5.74) is 6.09. The lowest BCUT2D eigenvalue weighted by atomic mass is 9.80. The minimum absolute atomic E-state index is 0.122. The van der Waals surface area contributed by atoms with Crippen LogP contribution in [0.2, 0.25) is 0 Å². The average molecular weight is 328 g/mol. The van der Waals surface area contributed by atoms with Crippen molar-refractivity contribution in [1.82, 2.24) is 9.80 Å². The van der Waals surface area contributed by atoms with Gasteiger partial charge in [0.05, 0.1) is 0 Å². The molecule has 0 saturated carbocycles. The number of hydrogen-bond acceptors (Lipinski definition) is 4. The zero-order valence-corrected chi connectivity index (χ0v) is 16.2. The standard InChI is InChI=1S/C18H37N3O2/c1-8-14(19)15(17(2,3)4)20-10-9-11-21(13-12-20)16(22)23-18(5,6)7/h14-15H,8-13,19H2,1-7H3. The molecule has 1 saturated heterocycles. The van der Waals surface area contributed by atoms with Crippen molar-refractivity contribution in [2.45, 2.75) is 79.0 Å². The van der Waals surface area contributed by atoms with Gasteiger partial charge in [-0.1, -0.05) is 27.7 Å². The maximum absolute atomic E-state index is 12.3. The van der Waals surface area contributed by atoms with Crippen LogP contribution >= 0.6 is 0 Å². The van der Waals surface area contributed by atoms with E-state index in [0.717, 1.165) is 32.5 Å². The molecule has 1 fully saturated rings. The van der Waals surface area contributed by atoms with E-state index in [1.165, 1.54) is 0 Å². The molecule has 0 radical (unpaired) electrons. The third-order valence-corrected chi connectivity index (χ3v) is 4.34. The molecular weight excluding hydrogens is 290 g/mol. The van der Waals surface area contributed by atoms with Crippen LogP contribution in [-0.4, -0.2) is 59.8 Å². The Bertz CT molecular complexity index is 385. The number of carbonyl (C=O) groups excluding carboxylic acids is 1. The maximum Gasteiger partial charge on any atom is 0.410 e. The number of carbonyl (C=O) groups is 1. The van der Waals surface area contributed by atoms with Gasteiger partial charge in [-0.15, -0.1) is 0 Å². The summed E-state index contributed by atoms with van der Waals surface area (Å²) in [5.74, 6) is 0. The zero-order valence-electron chi connectivity index (χ0n) is 16.2. The van der Waals surface area contributed by atoms with Gasteiger partial charge in [0.2, 0.25) is 0 Å². The second-order valence-corrected chi connectivity index (χ2v) is 8.74. The van der Waals surface area contributed by atoms with E-state index in [0.29, 0.717) is 12.6 Å². The van der Waals surface area contributed by atoms with Gasteiger partial charge in [-0.25, -0.2) is 4.79 Å². The van der Waals surface area contributed by atoms with E-state index in [-0.39, 0.29) is 17.6 Å². The summed E-state index contributed by atoms with van der Waals surface area (Å²) in [5, 5.41) is 0. The third-order valence-electron chi connectivity index (χ3n) is 4.34. The van der Waals surface area contributed by atoms with Crippen LogP contribution in [0.3, 0.4) is 0 Å². The molecule has 0 aromatic heterocycles. The van der Waals surface area contributed by atoms with Crippen LogP contribution in [0.15, 0.2) is 0 Å². The molecule has 2 N–H and O–H groups in total. The monoisotopic (exact) mass is 327 g/mol. The van der Waals surface area contributed by atoms with Crippen molar-refractivity contribution in [1.29, 1.82) is 0 Å². The van der Waals surface area contributed by atoms with E-state index >= 15 is 0 Å². The molecule has 5 nitrogen and oxygen atoms in total. The fourth-order valence-corrected chi connectivity index (χ4v) is 3.41. The summed E-state index contributed by atoms with van der Waals surface area (Å²) in [4.78, 5) is 16.6. The molecule has 136 valence electrons. The molecule has 0 aromatic carbocycles. The first-order chi connectivity index (χ1) is 10.5. The van der Waals surface area contributed by atoms with Gasteiger partial charge < -0.3 is 15.4 Å². The SMILES string of the molecule is CCC(N)C(N1CCCN(C(=O)OC(C)(C)C)CC1)C(C)(C)C. The Morgan fingerprint density at radius 2 is 1.70 bits per heavy atom. The third kappa shape index (κ3) is 6.30. The van der Waals surface area contributed by atoms with E-state index in [1.54, 1.807) is 0 Å². The fourth-order valence-electron chi connectivity index (χ4n) is 3.41. The summed E-state index contributed by atoms with van der Waals surface area (Å²) in [6, 6.07) is 0.481. The first-order valence-corrected chi connectivity index (χ1v) is 8.93. The topological polar surface area (TPSA) is 58.8 Å². The predicted molar refractivity (Wildman–Crippen MR) is 95.5 cm³/mol. The van der Waals surface area contributed by atoms with Gasteiger partial charge in [0, 0.05) is 38.3 Å². The molecule has 1 heterocycles. The van der Waals surface area contributed by atoms with Crippen molar-refractivity contribution in [3.8, 4) is 0 Å². The zero-order chi connectivity index (χ0) is 17.8. The lowest BCUT2D eigenvalue weighted by molar-refractivity contribution is 0.0245. The lowest BCUT2D eigenvalue weighted by Crippen LogP contribution is -2.55. The largest absolute Gasteiger partial charge is 0.444 e. The number of amides is 1. The second-order valence-electron chi connectivity index (χ2n) is 8.74. The summed E-state index contributed by atoms with van der Waals surface area (Å²) in [6.45, 7) is 17.9. The number of rotatable bonds is 3. The summed E-state index contributed by atoms with van der Waals surface area (Å²) >= 11 is 0. The summed E-state index contributed by atoms with van der Waals surface area (Å²) in [6.07, 6.45) is 1.72. The van der Waals surface area contributed by atoms with E-state index in [1.807, 2.05) is 25.7 Å². The minimum atomic E-state index is -0.443. The molecule has 0 aromatic rings. The molecule has 0 bridgehead atoms. The van der Waals surface area contributed by atoms with E-state index in [9.17, 15) is 4.79 Å². The minimum Gasteiger partial charge on any atom is -0.444 e. The fraction of sp³-hybridized carbons (Fsp3) is 0.944. The summed E-state index contributed by atoms with van der Waals surface area (Å²) < 4.78 is 5.51. The molecule has 1 amide bonds. The quantitative estimate of drug-likeness (QED) is 0.865. The molecule has 23 heavy (non-hydrogen) atoms. The molecule has 1 aliphatic heterocycles. The molecule has 0 spiro atoms. The Hall–Kier alpha value is -0.810. The lowest BCUT2D eigenvalue weighted by Gasteiger charge is -2.43. The van der Waals surface area contributed by atoms with Gasteiger partial charge in [-0.05, 0) is 39.0 Å². The Balaban J connectivity index is 2.75. The molecular formula is C18H37N3O2. The van der Waals surface area contributed by atoms with Crippen molar-refractivity contribution in [2.24, 2.45) is 11.1 Å². The van der Waals surface area contributed by atoms with Gasteiger partial charge in [0.15, 0.2) is 0 Å². The Labute approximate surface area is 142 Å². The average Bonchev–Trinajstić information content (AvgIpc) is 2.61. The molecule has 0 aliphatic carbocycles. The Morgan fingerprint density at radius 3 is 2.17 bits per heavy atom. The van der Waals surface area contributed by atoms with Gasteiger partial charge in [0.25, 0.3) is 0 Å². The van der Waals surface area contributed by atoms with Crippen molar-refractivity contribution < 1.29 is 9.53 Å². The number of hydrogen-bond donors (Lipinski definition) is 1. The van der Waals surface area contributed by atoms with Crippen molar-refractivity contribution in [3.63, 3.8) is 0 Å². The first kappa shape index (κ1) is 20.2. The highest BCUT2D eigenvalue weighted by molar-refractivity contribution is 5.68. The van der Waals surface area contributed by atoms with Crippen LogP contribution in [0.5, 0.6) is 0 Å². The highest BCUT2D eigenvalue weighted by Crippen LogP contribution is 2.28. The van der Waals surface area contributed by atoms with Gasteiger partial charge in [-0.3, -0.25) is 4.90 Å². The van der Waals surface area contributed by atoms with Gasteiger partial charge in [-0.2, -0.15) is 0 Å². The molecule has 5 heteroatoms. The summed E-state index contributed by atoms with van der Waals surface area (Å²) in [7, 11) is 0. The van der Waals surface area contributed by atoms with Crippen LogP contribution in [-0.2, 0) is 4.74 Å². The maximum atomic E-state index is 12.3. The van der Waals surface area contributed by atoms with Gasteiger partial charge >= 0.3 is 6.09 Å².